The number of nitrogens with two attached hydrogens (primary N) is 1. The lowest BCUT2D eigenvalue weighted by Crippen LogP contribution is -2.47. The van der Waals surface area contributed by atoms with Crippen LogP contribution >= 0.6 is 12.2 Å². The highest BCUT2D eigenvalue weighted by Crippen LogP contribution is 2.44. The van der Waals surface area contributed by atoms with Crippen LogP contribution in [0.2, 0.25) is 0 Å². The molecule has 2 saturated heterocycles. The predicted molar refractivity (Wildman–Crippen MR) is 121 cm³/mol. The van der Waals surface area contributed by atoms with Gasteiger partial charge >= 0.3 is 6.09 Å². The zero-order chi connectivity index (χ0) is 21.5. The standard InChI is InChI=1S/C23H24N4O3S/c24-22(31)25-16-6-3-5-15(12-16)21(28)26-10-8-17(9-11-26)27-20-18-7-2-1-4-14(18)13-19(20)30-23(27)29/h1-7,12,17,19-20H,8-11,13H2,(H3,24,25,31). The number of fused-ring (bicyclic) bond motifs is 3. The Morgan fingerprint density at radius 2 is 1.90 bits per heavy atom. The van der Waals surface area contributed by atoms with Gasteiger partial charge in [-0.15, -0.1) is 0 Å². The summed E-state index contributed by atoms with van der Waals surface area (Å²) in [5.74, 6) is -0.0295. The number of hydrogen-bond acceptors (Lipinski definition) is 4. The molecule has 2 aromatic carbocycles. The molecular formula is C23H24N4O3S. The number of rotatable bonds is 3. The van der Waals surface area contributed by atoms with Crippen LogP contribution in [0, 0.1) is 0 Å². The summed E-state index contributed by atoms with van der Waals surface area (Å²) < 4.78 is 5.70. The molecule has 7 nitrogen and oxygen atoms in total. The van der Waals surface area contributed by atoms with E-state index in [0.29, 0.717) is 24.3 Å². The number of thiocarbonyl (C=S) groups is 1. The van der Waals surface area contributed by atoms with E-state index in [1.165, 1.54) is 11.1 Å². The monoisotopic (exact) mass is 436 g/mol. The number of nitrogens with one attached hydrogen (secondary N) is 1. The SMILES string of the molecule is NC(=S)Nc1cccc(C(=O)N2CCC(N3C(=O)OC4Cc5ccccc5C43)CC2)c1. The number of piperidine rings is 1. The lowest BCUT2D eigenvalue weighted by Gasteiger charge is -2.38. The fourth-order valence-corrected chi connectivity index (χ4v) is 5.17. The number of carbonyl (C=O) groups excluding carboxylic acids is 2. The molecule has 2 aromatic rings. The van der Waals surface area contributed by atoms with Gasteiger partial charge in [0, 0.05) is 36.8 Å². The molecule has 0 bridgehead atoms. The fraction of sp³-hybridized carbons (Fsp3) is 0.348. The van der Waals surface area contributed by atoms with E-state index in [1.807, 2.05) is 28.0 Å². The van der Waals surface area contributed by atoms with Gasteiger partial charge in [0.25, 0.3) is 5.91 Å². The van der Waals surface area contributed by atoms with Crippen LogP contribution in [0.4, 0.5) is 10.5 Å². The third kappa shape index (κ3) is 3.61. The predicted octanol–water partition coefficient (Wildman–Crippen LogP) is 3.06. The van der Waals surface area contributed by atoms with Gasteiger partial charge < -0.3 is 20.7 Å². The van der Waals surface area contributed by atoms with Crippen molar-refractivity contribution in [1.29, 1.82) is 0 Å². The van der Waals surface area contributed by atoms with E-state index >= 15 is 0 Å². The molecule has 2 atom stereocenters. The number of benzene rings is 2. The summed E-state index contributed by atoms with van der Waals surface area (Å²) in [7, 11) is 0. The molecule has 2 heterocycles. The molecule has 2 fully saturated rings. The van der Waals surface area contributed by atoms with Gasteiger partial charge in [0.05, 0.1) is 6.04 Å². The van der Waals surface area contributed by atoms with Crippen LogP contribution in [0.5, 0.6) is 0 Å². The minimum Gasteiger partial charge on any atom is -0.443 e. The van der Waals surface area contributed by atoms with Crippen LogP contribution < -0.4 is 11.1 Å². The van der Waals surface area contributed by atoms with Gasteiger partial charge in [-0.2, -0.15) is 0 Å². The number of amides is 2. The van der Waals surface area contributed by atoms with Gasteiger partial charge in [0.1, 0.15) is 6.10 Å². The average Bonchev–Trinajstić information content (AvgIpc) is 3.27. The maximum Gasteiger partial charge on any atom is 0.411 e. The van der Waals surface area contributed by atoms with E-state index in [1.54, 1.807) is 18.2 Å². The van der Waals surface area contributed by atoms with Crippen LogP contribution in [-0.2, 0) is 11.2 Å². The van der Waals surface area contributed by atoms with E-state index in [-0.39, 0.29) is 35.3 Å². The molecule has 0 spiro atoms. The van der Waals surface area contributed by atoms with E-state index in [0.717, 1.165) is 19.3 Å². The molecule has 3 aliphatic rings. The van der Waals surface area contributed by atoms with E-state index < -0.39 is 0 Å². The number of anilines is 1. The summed E-state index contributed by atoms with van der Waals surface area (Å²) in [6, 6.07) is 15.5. The van der Waals surface area contributed by atoms with Gasteiger partial charge in [0.2, 0.25) is 0 Å². The highest BCUT2D eigenvalue weighted by atomic mass is 32.1. The number of nitrogens with zero attached hydrogens (tertiary/aromatic N) is 2. The summed E-state index contributed by atoms with van der Waals surface area (Å²) >= 11 is 4.87. The number of likely N-dealkylation sites (tertiary alicyclic amines) is 1. The molecular weight excluding hydrogens is 412 g/mol. The lowest BCUT2D eigenvalue weighted by atomic mass is 9.98. The van der Waals surface area contributed by atoms with Gasteiger partial charge in [0.15, 0.2) is 5.11 Å². The van der Waals surface area contributed by atoms with E-state index in [9.17, 15) is 9.59 Å². The fourth-order valence-electron chi connectivity index (χ4n) is 5.05. The molecule has 1 aliphatic carbocycles. The molecule has 2 unspecified atom stereocenters. The molecule has 160 valence electrons. The maximum absolute atomic E-state index is 13.0. The normalized spacial score (nSPS) is 22.6. The highest BCUT2D eigenvalue weighted by molar-refractivity contribution is 7.80. The second kappa shape index (κ2) is 7.85. The zero-order valence-corrected chi connectivity index (χ0v) is 17.8. The maximum atomic E-state index is 13.0. The zero-order valence-electron chi connectivity index (χ0n) is 17.0. The quantitative estimate of drug-likeness (QED) is 0.719. The van der Waals surface area contributed by atoms with Crippen LogP contribution in [0.25, 0.3) is 0 Å². The molecule has 8 heteroatoms. The first-order valence-corrected chi connectivity index (χ1v) is 10.9. The summed E-state index contributed by atoms with van der Waals surface area (Å²) in [6.07, 6.45) is 1.91. The minimum absolute atomic E-state index is 0.0150. The van der Waals surface area contributed by atoms with Crippen molar-refractivity contribution >= 4 is 35.0 Å². The smallest absolute Gasteiger partial charge is 0.411 e. The van der Waals surface area contributed by atoms with Crippen molar-refractivity contribution in [2.75, 3.05) is 18.4 Å². The molecule has 2 amide bonds. The van der Waals surface area contributed by atoms with Crippen molar-refractivity contribution in [2.24, 2.45) is 5.73 Å². The third-order valence-electron chi connectivity index (χ3n) is 6.43. The number of carbonyl (C=O) groups is 2. The van der Waals surface area contributed by atoms with Crippen molar-refractivity contribution in [3.8, 4) is 0 Å². The number of hydrogen-bond donors (Lipinski definition) is 2. The summed E-state index contributed by atoms with van der Waals surface area (Å²) in [4.78, 5) is 29.4. The van der Waals surface area contributed by atoms with Crippen molar-refractivity contribution in [2.45, 2.75) is 37.5 Å². The third-order valence-corrected chi connectivity index (χ3v) is 6.53. The topological polar surface area (TPSA) is 87.9 Å². The Labute approximate surface area is 186 Å². The van der Waals surface area contributed by atoms with Crippen LogP contribution in [0.1, 0.15) is 40.4 Å². The first kappa shape index (κ1) is 19.8. The average molecular weight is 437 g/mol. The van der Waals surface area contributed by atoms with Crippen molar-refractivity contribution in [3.63, 3.8) is 0 Å². The Bertz CT molecular complexity index is 1050. The molecule has 2 aliphatic heterocycles. The molecule has 3 N–H and O–H groups in total. The second-order valence-corrected chi connectivity index (χ2v) is 8.71. The van der Waals surface area contributed by atoms with Crippen LogP contribution in [0.3, 0.4) is 0 Å². The minimum atomic E-state index is -0.231. The Hall–Kier alpha value is -3.13. The molecule has 0 saturated carbocycles. The first-order chi connectivity index (χ1) is 15.0. The van der Waals surface area contributed by atoms with Gasteiger partial charge in [-0.05, 0) is 54.4 Å². The molecule has 0 aromatic heterocycles. The molecule has 0 radical (unpaired) electrons. The highest BCUT2D eigenvalue weighted by Gasteiger charge is 2.50. The van der Waals surface area contributed by atoms with Gasteiger partial charge in [-0.25, -0.2) is 4.79 Å². The first-order valence-electron chi connectivity index (χ1n) is 10.5. The van der Waals surface area contributed by atoms with Crippen molar-refractivity contribution in [3.05, 3.63) is 65.2 Å². The number of ether oxygens (including phenoxy) is 1. The van der Waals surface area contributed by atoms with Crippen LogP contribution in [-0.4, -0.2) is 52.1 Å². The Kier molecular flexibility index (Phi) is 5.02. The largest absolute Gasteiger partial charge is 0.443 e. The Morgan fingerprint density at radius 1 is 1.13 bits per heavy atom. The van der Waals surface area contributed by atoms with Gasteiger partial charge in [-0.1, -0.05) is 30.3 Å². The lowest BCUT2D eigenvalue weighted by molar-refractivity contribution is 0.0636. The summed E-state index contributed by atoms with van der Waals surface area (Å²) in [6.45, 7) is 1.19. The van der Waals surface area contributed by atoms with E-state index in [4.69, 9.17) is 22.7 Å². The molecule has 5 rings (SSSR count). The van der Waals surface area contributed by atoms with Crippen molar-refractivity contribution < 1.29 is 14.3 Å². The van der Waals surface area contributed by atoms with Crippen LogP contribution in [0.15, 0.2) is 48.5 Å². The Balaban J connectivity index is 1.27. The Morgan fingerprint density at radius 3 is 2.68 bits per heavy atom. The summed E-state index contributed by atoms with van der Waals surface area (Å²) in [5.41, 5.74) is 9.26. The van der Waals surface area contributed by atoms with Gasteiger partial charge in [-0.3, -0.25) is 9.69 Å². The summed E-state index contributed by atoms with van der Waals surface area (Å²) in [5, 5.41) is 3.02. The van der Waals surface area contributed by atoms with Crippen molar-refractivity contribution in [1.82, 2.24) is 9.80 Å². The second-order valence-electron chi connectivity index (χ2n) is 8.27. The molecule has 31 heavy (non-hydrogen) atoms. The van der Waals surface area contributed by atoms with E-state index in [2.05, 4.69) is 17.4 Å².